The Morgan fingerprint density at radius 1 is 1.03 bits per heavy atom. The third kappa shape index (κ3) is 6.83. The average molecular weight is 503 g/mol. The maximum atomic E-state index is 13.4. The maximum Gasteiger partial charge on any atom is 0.305 e. The Morgan fingerprint density at radius 2 is 1.76 bits per heavy atom. The first-order chi connectivity index (χ1) is 16.3. The molecule has 0 bridgehead atoms. The fourth-order valence-electron chi connectivity index (χ4n) is 4.46. The summed E-state index contributed by atoms with van der Waals surface area (Å²) in [6.45, 7) is 1.89. The van der Waals surface area contributed by atoms with Gasteiger partial charge in [-0.05, 0) is 55.4 Å². The van der Waals surface area contributed by atoms with E-state index in [0.717, 1.165) is 60.3 Å². The third-order valence-corrected chi connectivity index (χ3v) is 6.63. The van der Waals surface area contributed by atoms with Gasteiger partial charge in [-0.3, -0.25) is 9.59 Å². The van der Waals surface area contributed by atoms with Gasteiger partial charge in [0.1, 0.15) is 5.65 Å². The SMILES string of the molecule is COC(=O)C[C@@H](C)CC(=O)c1c(CCCCCCc2cccc(Cl)c2)n(C)c2ncc(Cl)cc12. The Bertz CT molecular complexity index is 1160. The van der Waals surface area contributed by atoms with Gasteiger partial charge in [-0.25, -0.2) is 4.98 Å². The zero-order valence-electron chi connectivity index (χ0n) is 20.1. The van der Waals surface area contributed by atoms with Gasteiger partial charge in [0.05, 0.1) is 12.1 Å². The molecule has 0 fully saturated rings. The summed E-state index contributed by atoms with van der Waals surface area (Å²) in [7, 11) is 3.31. The van der Waals surface area contributed by atoms with Crippen LogP contribution in [-0.4, -0.2) is 28.4 Å². The van der Waals surface area contributed by atoms with Crippen molar-refractivity contribution in [3.63, 3.8) is 0 Å². The Morgan fingerprint density at radius 3 is 2.47 bits per heavy atom. The number of methoxy groups -OCH3 is 1. The van der Waals surface area contributed by atoms with E-state index in [1.54, 1.807) is 6.20 Å². The lowest BCUT2D eigenvalue weighted by Gasteiger charge is -2.11. The first kappa shape index (κ1) is 26.2. The van der Waals surface area contributed by atoms with Crippen molar-refractivity contribution in [1.82, 2.24) is 9.55 Å². The van der Waals surface area contributed by atoms with Gasteiger partial charge < -0.3 is 9.30 Å². The van der Waals surface area contributed by atoms with Crippen LogP contribution >= 0.6 is 23.2 Å². The molecule has 0 spiro atoms. The van der Waals surface area contributed by atoms with Gasteiger partial charge in [0.2, 0.25) is 0 Å². The van der Waals surface area contributed by atoms with Crippen LogP contribution in [0.15, 0.2) is 36.5 Å². The quantitative estimate of drug-likeness (QED) is 0.152. The normalized spacial score (nSPS) is 12.1. The lowest BCUT2D eigenvalue weighted by atomic mass is 9.94. The molecular weight excluding hydrogens is 471 g/mol. The number of hydrogen-bond acceptors (Lipinski definition) is 4. The Balaban J connectivity index is 1.67. The fraction of sp³-hybridized carbons (Fsp3) is 0.444. The molecular formula is C27H32Cl2N2O3. The van der Waals surface area contributed by atoms with Gasteiger partial charge in [0.15, 0.2) is 5.78 Å². The number of Topliss-reactive ketones (excluding diaryl/α,β-unsaturated/α-hetero) is 1. The number of hydrogen-bond donors (Lipinski definition) is 0. The number of aryl methyl sites for hydroxylation is 2. The van der Waals surface area contributed by atoms with Gasteiger partial charge in [0.25, 0.3) is 0 Å². The lowest BCUT2D eigenvalue weighted by molar-refractivity contribution is -0.141. The van der Waals surface area contributed by atoms with Crippen LogP contribution in [0.3, 0.4) is 0 Å². The minimum absolute atomic E-state index is 0.0158. The van der Waals surface area contributed by atoms with E-state index in [1.807, 2.05) is 42.8 Å². The van der Waals surface area contributed by atoms with E-state index in [2.05, 4.69) is 11.1 Å². The van der Waals surface area contributed by atoms with Gasteiger partial charge in [-0.1, -0.05) is 55.1 Å². The number of esters is 1. The highest BCUT2D eigenvalue weighted by Gasteiger charge is 2.24. The van der Waals surface area contributed by atoms with E-state index < -0.39 is 0 Å². The second-order valence-electron chi connectivity index (χ2n) is 8.96. The van der Waals surface area contributed by atoms with Crippen LogP contribution < -0.4 is 0 Å². The topological polar surface area (TPSA) is 61.2 Å². The zero-order valence-corrected chi connectivity index (χ0v) is 21.6. The number of ketones is 1. The monoisotopic (exact) mass is 502 g/mol. The van der Waals surface area contributed by atoms with Crippen LogP contribution in [0.1, 0.15) is 67.1 Å². The standard InChI is InChI=1S/C27H32Cl2N2O3/c1-18(14-25(33)34-3)13-24(32)26-22-16-21(29)17-30-27(22)31(2)23(26)12-7-5-4-6-9-19-10-8-11-20(28)15-19/h8,10-11,15-18H,4-7,9,12-14H2,1-3H3/t18-/m0/s1. The number of ether oxygens (including phenoxy) is 1. The van der Waals surface area contributed by atoms with Crippen molar-refractivity contribution in [3.8, 4) is 0 Å². The van der Waals surface area contributed by atoms with Crippen molar-refractivity contribution in [3.05, 3.63) is 63.4 Å². The van der Waals surface area contributed by atoms with Crippen LogP contribution in [0.25, 0.3) is 11.0 Å². The van der Waals surface area contributed by atoms with Crippen molar-refractivity contribution in [2.24, 2.45) is 13.0 Å². The van der Waals surface area contributed by atoms with Crippen molar-refractivity contribution in [2.75, 3.05) is 7.11 Å². The molecule has 7 heteroatoms. The Labute approximate surface area is 211 Å². The predicted molar refractivity (Wildman–Crippen MR) is 138 cm³/mol. The third-order valence-electron chi connectivity index (χ3n) is 6.19. The molecule has 0 aliphatic carbocycles. The number of nitrogens with zero attached hydrogens (tertiary/aromatic N) is 2. The lowest BCUT2D eigenvalue weighted by Crippen LogP contribution is -2.13. The molecule has 0 N–H and O–H groups in total. The molecule has 3 aromatic rings. The van der Waals surface area contributed by atoms with Crippen LogP contribution in [0, 0.1) is 5.92 Å². The summed E-state index contributed by atoms with van der Waals surface area (Å²) in [4.78, 5) is 29.5. The Hall–Kier alpha value is -2.37. The van der Waals surface area contributed by atoms with Gasteiger partial charge in [-0.2, -0.15) is 0 Å². The molecule has 0 radical (unpaired) electrons. The average Bonchev–Trinajstić information content (AvgIpc) is 3.06. The van der Waals surface area contributed by atoms with Crippen molar-refractivity contribution >= 4 is 46.0 Å². The molecule has 0 aliphatic heterocycles. The molecule has 0 aliphatic rings. The van der Waals surface area contributed by atoms with Crippen LogP contribution in [0.2, 0.25) is 10.0 Å². The summed E-state index contributed by atoms with van der Waals surface area (Å²) in [5, 5.41) is 2.06. The van der Waals surface area contributed by atoms with Crippen molar-refractivity contribution in [2.45, 2.75) is 58.3 Å². The van der Waals surface area contributed by atoms with E-state index in [1.165, 1.54) is 12.7 Å². The van der Waals surface area contributed by atoms with E-state index in [9.17, 15) is 9.59 Å². The first-order valence-corrected chi connectivity index (χ1v) is 12.5. The number of benzene rings is 1. The van der Waals surface area contributed by atoms with Crippen molar-refractivity contribution in [1.29, 1.82) is 0 Å². The fourth-order valence-corrected chi connectivity index (χ4v) is 4.84. The molecule has 0 amide bonds. The highest BCUT2D eigenvalue weighted by Crippen LogP contribution is 2.30. The number of pyridine rings is 1. The smallest absolute Gasteiger partial charge is 0.305 e. The number of carbonyl (C=O) groups excluding carboxylic acids is 2. The highest BCUT2D eigenvalue weighted by atomic mass is 35.5. The largest absolute Gasteiger partial charge is 0.469 e. The number of aromatic nitrogens is 2. The highest BCUT2D eigenvalue weighted by molar-refractivity contribution is 6.31. The van der Waals surface area contributed by atoms with E-state index in [-0.39, 0.29) is 30.5 Å². The maximum absolute atomic E-state index is 13.4. The summed E-state index contributed by atoms with van der Waals surface area (Å²) in [5.41, 5.74) is 3.68. The molecule has 3 rings (SSSR count). The second kappa shape index (κ2) is 12.4. The van der Waals surface area contributed by atoms with Crippen molar-refractivity contribution < 1.29 is 14.3 Å². The summed E-state index contributed by atoms with van der Waals surface area (Å²) in [6, 6.07) is 9.83. The van der Waals surface area contributed by atoms with E-state index in [0.29, 0.717) is 10.6 Å². The first-order valence-electron chi connectivity index (χ1n) is 11.8. The molecule has 1 atom stereocenters. The minimum Gasteiger partial charge on any atom is -0.469 e. The number of fused-ring (bicyclic) bond motifs is 1. The van der Waals surface area contributed by atoms with Crippen LogP contribution in [0.5, 0.6) is 0 Å². The number of carbonyl (C=O) groups is 2. The molecule has 0 unspecified atom stereocenters. The van der Waals surface area contributed by atoms with Crippen LogP contribution in [0.4, 0.5) is 0 Å². The number of unbranched alkanes of at least 4 members (excludes halogenated alkanes) is 3. The molecule has 0 saturated heterocycles. The van der Waals surface area contributed by atoms with E-state index >= 15 is 0 Å². The molecule has 34 heavy (non-hydrogen) atoms. The van der Waals surface area contributed by atoms with Gasteiger partial charge in [0, 0.05) is 47.8 Å². The Kier molecular flexibility index (Phi) is 9.54. The molecule has 1 aromatic carbocycles. The molecule has 0 saturated carbocycles. The van der Waals surface area contributed by atoms with E-state index in [4.69, 9.17) is 27.9 Å². The summed E-state index contributed by atoms with van der Waals surface area (Å²) >= 11 is 12.3. The summed E-state index contributed by atoms with van der Waals surface area (Å²) in [6.07, 6.45) is 8.16. The number of rotatable bonds is 12. The molecule has 2 heterocycles. The summed E-state index contributed by atoms with van der Waals surface area (Å²) in [5.74, 6) is -0.398. The van der Waals surface area contributed by atoms with Gasteiger partial charge in [-0.15, -0.1) is 0 Å². The molecule has 2 aromatic heterocycles. The predicted octanol–water partition coefficient (Wildman–Crippen LogP) is 7.00. The number of halogens is 2. The molecule has 182 valence electrons. The zero-order chi connectivity index (χ0) is 24.7. The van der Waals surface area contributed by atoms with Crippen LogP contribution in [-0.2, 0) is 29.4 Å². The molecule has 5 nitrogen and oxygen atoms in total. The second-order valence-corrected chi connectivity index (χ2v) is 9.84. The minimum atomic E-state index is -0.305. The van der Waals surface area contributed by atoms with Gasteiger partial charge >= 0.3 is 5.97 Å². The summed E-state index contributed by atoms with van der Waals surface area (Å²) < 4.78 is 6.76.